The van der Waals surface area contributed by atoms with Gasteiger partial charge in [-0.05, 0) is 25.0 Å². The molecule has 0 bridgehead atoms. The molecule has 156 valence electrons. The molecule has 30 heavy (non-hydrogen) atoms. The number of unbranched alkanes of at least 4 members (excludes halogenated alkanes) is 3. The van der Waals surface area contributed by atoms with Gasteiger partial charge in [0.15, 0.2) is 0 Å². The van der Waals surface area contributed by atoms with Crippen LogP contribution in [0.5, 0.6) is 0 Å². The highest BCUT2D eigenvalue weighted by molar-refractivity contribution is 5.93. The fourth-order valence-electron chi connectivity index (χ4n) is 2.97. The Labute approximate surface area is 173 Å². The molecule has 1 aromatic heterocycles. The first-order chi connectivity index (χ1) is 14.5. The van der Waals surface area contributed by atoms with E-state index < -0.39 is 4.92 Å². The molecule has 9 nitrogen and oxygen atoms in total. The summed E-state index contributed by atoms with van der Waals surface area (Å²) in [4.78, 5) is 26.7. The Morgan fingerprint density at radius 1 is 1.10 bits per heavy atom. The molecular weight excluding hydrogens is 386 g/mol. The summed E-state index contributed by atoms with van der Waals surface area (Å²) in [6.45, 7) is 0. The number of anilines is 2. The van der Waals surface area contributed by atoms with Gasteiger partial charge in [0.25, 0.3) is 5.69 Å². The maximum Gasteiger partial charge on any atom is 0.270 e. The van der Waals surface area contributed by atoms with Gasteiger partial charge in [0.05, 0.1) is 16.3 Å². The standard InChI is InChI=1S/C21H23N5O4/c22-17-10-5-6-11-18(17)23-19(27)12-3-1-2-4-13-20-24-21(25-30-20)15-8-7-9-16(14-15)26(28)29/h5-11,14H,1-4,12-13,22H2,(H,23,27). The zero-order valence-corrected chi connectivity index (χ0v) is 16.4. The van der Waals surface area contributed by atoms with Gasteiger partial charge in [-0.3, -0.25) is 14.9 Å². The summed E-state index contributed by atoms with van der Waals surface area (Å²) in [7, 11) is 0. The number of hydrogen-bond acceptors (Lipinski definition) is 7. The van der Waals surface area contributed by atoms with Gasteiger partial charge < -0.3 is 15.6 Å². The fraction of sp³-hybridized carbons (Fsp3) is 0.286. The third-order valence-electron chi connectivity index (χ3n) is 4.56. The second-order valence-corrected chi connectivity index (χ2v) is 6.87. The van der Waals surface area contributed by atoms with E-state index in [2.05, 4.69) is 15.5 Å². The van der Waals surface area contributed by atoms with Crippen molar-refractivity contribution in [1.29, 1.82) is 0 Å². The van der Waals surface area contributed by atoms with E-state index in [1.807, 2.05) is 12.1 Å². The van der Waals surface area contributed by atoms with E-state index >= 15 is 0 Å². The molecule has 1 heterocycles. The van der Waals surface area contributed by atoms with Crippen molar-refractivity contribution in [3.63, 3.8) is 0 Å². The quantitative estimate of drug-likeness (QED) is 0.220. The van der Waals surface area contributed by atoms with Crippen LogP contribution in [0.25, 0.3) is 11.4 Å². The topological polar surface area (TPSA) is 137 Å². The number of aryl methyl sites for hydroxylation is 1. The number of hydrogen-bond donors (Lipinski definition) is 2. The highest BCUT2D eigenvalue weighted by Crippen LogP contribution is 2.22. The summed E-state index contributed by atoms with van der Waals surface area (Å²) in [5.74, 6) is 0.783. The van der Waals surface area contributed by atoms with Crippen LogP contribution in [0.1, 0.15) is 38.0 Å². The molecular formula is C21H23N5O4. The Balaban J connectivity index is 1.36. The van der Waals surface area contributed by atoms with Crippen LogP contribution in [0.4, 0.5) is 17.1 Å². The molecule has 0 aliphatic rings. The number of carbonyl (C=O) groups excluding carboxylic acids is 1. The Kier molecular flexibility index (Phi) is 7.09. The molecule has 0 spiro atoms. The molecule has 3 N–H and O–H groups in total. The number of non-ortho nitro benzene ring substituents is 1. The van der Waals surface area contributed by atoms with Gasteiger partial charge in [-0.15, -0.1) is 0 Å². The van der Waals surface area contributed by atoms with Crippen LogP contribution < -0.4 is 11.1 Å². The van der Waals surface area contributed by atoms with E-state index in [0.717, 1.165) is 25.7 Å². The molecule has 3 rings (SSSR count). The van der Waals surface area contributed by atoms with Crippen molar-refractivity contribution in [3.05, 3.63) is 64.5 Å². The van der Waals surface area contributed by atoms with E-state index in [1.54, 1.807) is 24.3 Å². The minimum Gasteiger partial charge on any atom is -0.397 e. The lowest BCUT2D eigenvalue weighted by Crippen LogP contribution is -2.12. The third kappa shape index (κ3) is 5.87. The van der Waals surface area contributed by atoms with Crippen molar-refractivity contribution in [2.45, 2.75) is 38.5 Å². The van der Waals surface area contributed by atoms with Gasteiger partial charge in [-0.2, -0.15) is 4.98 Å². The highest BCUT2D eigenvalue weighted by atomic mass is 16.6. The molecule has 9 heteroatoms. The summed E-state index contributed by atoms with van der Waals surface area (Å²) < 4.78 is 5.23. The lowest BCUT2D eigenvalue weighted by molar-refractivity contribution is -0.384. The van der Waals surface area contributed by atoms with E-state index in [4.69, 9.17) is 10.3 Å². The average Bonchev–Trinajstić information content (AvgIpc) is 3.21. The number of amides is 1. The number of para-hydroxylation sites is 2. The first kappa shape index (κ1) is 21.0. The maximum absolute atomic E-state index is 12.0. The zero-order chi connectivity index (χ0) is 21.3. The Morgan fingerprint density at radius 2 is 1.90 bits per heavy atom. The normalized spacial score (nSPS) is 10.7. The van der Waals surface area contributed by atoms with Gasteiger partial charge in [0.2, 0.25) is 17.6 Å². The van der Waals surface area contributed by atoms with Gasteiger partial charge in [0, 0.05) is 30.5 Å². The molecule has 1 amide bonds. The van der Waals surface area contributed by atoms with Crippen LogP contribution in [-0.4, -0.2) is 21.0 Å². The van der Waals surface area contributed by atoms with E-state index in [9.17, 15) is 14.9 Å². The van der Waals surface area contributed by atoms with Crippen LogP contribution in [0, 0.1) is 10.1 Å². The minimum absolute atomic E-state index is 0.0159. The summed E-state index contributed by atoms with van der Waals surface area (Å²) in [6.07, 6.45) is 4.52. The molecule has 0 radical (unpaired) electrons. The number of nitrogens with two attached hydrogens (primary N) is 1. The SMILES string of the molecule is Nc1ccccc1NC(=O)CCCCCCc1nc(-c2cccc([N+](=O)[O-])c2)no1. The number of nitrogens with one attached hydrogen (secondary N) is 1. The maximum atomic E-state index is 12.0. The molecule has 0 atom stereocenters. The lowest BCUT2D eigenvalue weighted by Gasteiger charge is -2.07. The summed E-state index contributed by atoms with van der Waals surface area (Å²) in [6, 6.07) is 13.3. The number of nitrogens with zero attached hydrogens (tertiary/aromatic N) is 3. The number of rotatable bonds is 10. The minimum atomic E-state index is -0.459. The fourth-order valence-corrected chi connectivity index (χ4v) is 2.97. The predicted molar refractivity (Wildman–Crippen MR) is 113 cm³/mol. The molecule has 3 aromatic rings. The van der Waals surface area contributed by atoms with Crippen LogP contribution in [0.2, 0.25) is 0 Å². The Morgan fingerprint density at radius 3 is 2.70 bits per heavy atom. The van der Waals surface area contributed by atoms with Crippen molar-refractivity contribution < 1.29 is 14.2 Å². The van der Waals surface area contributed by atoms with Crippen molar-refractivity contribution in [3.8, 4) is 11.4 Å². The summed E-state index contributed by atoms with van der Waals surface area (Å²) in [5.41, 5.74) is 7.53. The zero-order valence-electron chi connectivity index (χ0n) is 16.4. The average molecular weight is 409 g/mol. The summed E-state index contributed by atoms with van der Waals surface area (Å²) in [5, 5.41) is 17.6. The summed E-state index contributed by atoms with van der Waals surface area (Å²) >= 11 is 0. The number of carbonyl (C=O) groups is 1. The largest absolute Gasteiger partial charge is 0.397 e. The molecule has 0 saturated heterocycles. The Bertz CT molecular complexity index is 1020. The second-order valence-electron chi connectivity index (χ2n) is 6.87. The monoisotopic (exact) mass is 409 g/mol. The number of nitrogen functional groups attached to an aromatic ring is 1. The Hall–Kier alpha value is -3.75. The second kappa shape index (κ2) is 10.1. The molecule has 0 aliphatic heterocycles. The van der Waals surface area contributed by atoms with E-state index in [0.29, 0.717) is 41.5 Å². The van der Waals surface area contributed by atoms with Gasteiger partial charge in [0.1, 0.15) is 0 Å². The third-order valence-corrected chi connectivity index (χ3v) is 4.56. The first-order valence-corrected chi connectivity index (χ1v) is 9.74. The van der Waals surface area contributed by atoms with Gasteiger partial charge >= 0.3 is 0 Å². The van der Waals surface area contributed by atoms with Crippen molar-refractivity contribution in [2.75, 3.05) is 11.1 Å². The van der Waals surface area contributed by atoms with E-state index in [1.165, 1.54) is 12.1 Å². The van der Waals surface area contributed by atoms with Crippen molar-refractivity contribution in [1.82, 2.24) is 10.1 Å². The van der Waals surface area contributed by atoms with Crippen LogP contribution in [0.3, 0.4) is 0 Å². The van der Waals surface area contributed by atoms with E-state index in [-0.39, 0.29) is 11.6 Å². The lowest BCUT2D eigenvalue weighted by atomic mass is 10.1. The predicted octanol–water partition coefficient (Wildman–Crippen LogP) is 4.36. The smallest absolute Gasteiger partial charge is 0.270 e. The van der Waals surface area contributed by atoms with Gasteiger partial charge in [-0.1, -0.05) is 42.3 Å². The van der Waals surface area contributed by atoms with Crippen LogP contribution in [0.15, 0.2) is 53.1 Å². The number of nitro groups is 1. The first-order valence-electron chi connectivity index (χ1n) is 9.74. The number of aromatic nitrogens is 2. The number of benzene rings is 2. The van der Waals surface area contributed by atoms with Gasteiger partial charge in [-0.25, -0.2) is 0 Å². The van der Waals surface area contributed by atoms with Crippen LogP contribution >= 0.6 is 0 Å². The number of nitro benzene ring substituents is 1. The van der Waals surface area contributed by atoms with Crippen LogP contribution in [-0.2, 0) is 11.2 Å². The van der Waals surface area contributed by atoms with Crippen molar-refractivity contribution in [2.24, 2.45) is 0 Å². The molecule has 0 unspecified atom stereocenters. The molecule has 0 aliphatic carbocycles. The molecule has 0 saturated carbocycles. The molecule has 2 aromatic carbocycles. The highest BCUT2D eigenvalue weighted by Gasteiger charge is 2.12. The molecule has 0 fully saturated rings. The van der Waals surface area contributed by atoms with Crippen molar-refractivity contribution >= 4 is 23.0 Å².